The first kappa shape index (κ1) is 21.5. The Bertz CT molecular complexity index is 1110. The van der Waals surface area contributed by atoms with Crippen LogP contribution in [0.4, 0.5) is 4.39 Å². The third-order valence-electron chi connectivity index (χ3n) is 6.65. The van der Waals surface area contributed by atoms with Gasteiger partial charge >= 0.3 is 0 Å². The first-order valence-corrected chi connectivity index (χ1v) is 12.0. The van der Waals surface area contributed by atoms with Gasteiger partial charge in [0.05, 0.1) is 13.2 Å². The summed E-state index contributed by atoms with van der Waals surface area (Å²) in [5.41, 5.74) is 1.77. The van der Waals surface area contributed by atoms with Gasteiger partial charge in [0.1, 0.15) is 5.82 Å². The maximum atomic E-state index is 14.5. The van der Waals surface area contributed by atoms with Gasteiger partial charge < -0.3 is 0 Å². The number of nitrogens with zero attached hydrogens (tertiary/aromatic N) is 5. The number of benzene rings is 2. The van der Waals surface area contributed by atoms with Crippen LogP contribution in [0.25, 0.3) is 5.69 Å². The average Bonchev–Trinajstić information content (AvgIpc) is 3.43. The lowest BCUT2D eigenvalue weighted by atomic mass is 10.1. The van der Waals surface area contributed by atoms with Crippen LogP contribution < -0.4 is 0 Å². The minimum Gasteiger partial charge on any atom is -0.296 e. The normalized spacial score (nSPS) is 17.8. The maximum Gasteiger partial charge on any atom is 0.203 e. The summed E-state index contributed by atoms with van der Waals surface area (Å²) in [6.07, 6.45) is 4.74. The molecular formula is C25H30FN5S. The fourth-order valence-electron chi connectivity index (χ4n) is 4.73. The van der Waals surface area contributed by atoms with E-state index in [0.717, 1.165) is 49.6 Å². The molecule has 32 heavy (non-hydrogen) atoms. The third-order valence-corrected chi connectivity index (χ3v) is 7.04. The van der Waals surface area contributed by atoms with Gasteiger partial charge in [-0.3, -0.25) is 14.4 Å². The third kappa shape index (κ3) is 4.42. The molecule has 0 N–H and O–H groups in total. The zero-order chi connectivity index (χ0) is 22.1. The van der Waals surface area contributed by atoms with Crippen LogP contribution in [0.2, 0.25) is 0 Å². The lowest BCUT2D eigenvalue weighted by Crippen LogP contribution is -2.32. The molecule has 1 aromatic heterocycles. The fraction of sp³-hybridized carbons (Fsp3) is 0.440. The van der Waals surface area contributed by atoms with Gasteiger partial charge in [-0.1, -0.05) is 36.4 Å². The molecule has 1 aliphatic heterocycles. The van der Waals surface area contributed by atoms with E-state index in [2.05, 4.69) is 33.4 Å². The summed E-state index contributed by atoms with van der Waals surface area (Å²) in [5, 5.41) is 5.00. The van der Waals surface area contributed by atoms with Crippen LogP contribution in [0.15, 0.2) is 54.6 Å². The topological polar surface area (TPSA) is 29.2 Å². The molecule has 1 saturated carbocycles. The van der Waals surface area contributed by atoms with E-state index in [1.807, 2.05) is 35.0 Å². The van der Waals surface area contributed by atoms with Gasteiger partial charge in [-0.05, 0) is 76.1 Å². The molecule has 1 unspecified atom stereocenters. The van der Waals surface area contributed by atoms with Crippen molar-refractivity contribution in [2.24, 2.45) is 0 Å². The van der Waals surface area contributed by atoms with Gasteiger partial charge in [-0.2, -0.15) is 5.10 Å². The van der Waals surface area contributed by atoms with Crippen molar-refractivity contribution >= 4 is 12.2 Å². The second-order valence-electron chi connectivity index (χ2n) is 8.94. The predicted octanol–water partition coefficient (Wildman–Crippen LogP) is 5.32. The Balaban J connectivity index is 1.49. The summed E-state index contributed by atoms with van der Waals surface area (Å²) in [7, 11) is 0. The van der Waals surface area contributed by atoms with Crippen molar-refractivity contribution in [1.29, 1.82) is 0 Å². The molecule has 168 valence electrons. The predicted molar refractivity (Wildman–Crippen MR) is 127 cm³/mol. The number of likely N-dealkylation sites (tertiary alicyclic amines) is 1. The number of rotatable bonds is 8. The van der Waals surface area contributed by atoms with Crippen LogP contribution in [0.5, 0.6) is 0 Å². The highest BCUT2D eigenvalue weighted by atomic mass is 32.1. The highest BCUT2D eigenvalue weighted by molar-refractivity contribution is 7.71. The van der Waals surface area contributed by atoms with E-state index >= 15 is 0 Å². The largest absolute Gasteiger partial charge is 0.296 e. The van der Waals surface area contributed by atoms with Crippen molar-refractivity contribution < 1.29 is 4.39 Å². The lowest BCUT2D eigenvalue weighted by Gasteiger charge is -2.29. The number of hydrogen-bond acceptors (Lipinski definition) is 4. The Morgan fingerprint density at radius 3 is 2.44 bits per heavy atom. The Kier molecular flexibility index (Phi) is 6.22. The van der Waals surface area contributed by atoms with Gasteiger partial charge in [-0.25, -0.2) is 9.07 Å². The number of halogens is 1. The molecule has 1 atom stereocenters. The molecule has 5 nitrogen and oxygen atoms in total. The standard InChI is InChI=1S/C25H30FN5S/c1-19(22-11-5-6-12-23(22)26)29(20-13-14-20)18-30-25(32)31(21-9-3-2-4-10-21)24(27-30)17-28-15-7-8-16-28/h2-6,9-12,19-20H,7-8,13-18H2,1H3. The minimum absolute atomic E-state index is 0.0468. The summed E-state index contributed by atoms with van der Waals surface area (Å²) in [4.78, 5) is 4.79. The number of para-hydroxylation sites is 1. The van der Waals surface area contributed by atoms with Crippen molar-refractivity contribution in [1.82, 2.24) is 24.1 Å². The Morgan fingerprint density at radius 2 is 1.75 bits per heavy atom. The summed E-state index contributed by atoms with van der Waals surface area (Å²) >= 11 is 5.93. The number of hydrogen-bond donors (Lipinski definition) is 0. The molecule has 2 fully saturated rings. The molecule has 0 amide bonds. The van der Waals surface area contributed by atoms with Crippen LogP contribution in [-0.2, 0) is 13.2 Å². The molecule has 1 saturated heterocycles. The van der Waals surface area contributed by atoms with E-state index in [-0.39, 0.29) is 11.9 Å². The van der Waals surface area contributed by atoms with Gasteiger partial charge in [0.15, 0.2) is 5.82 Å². The molecule has 0 bridgehead atoms. The van der Waals surface area contributed by atoms with Crippen LogP contribution >= 0.6 is 12.2 Å². The smallest absolute Gasteiger partial charge is 0.203 e. The lowest BCUT2D eigenvalue weighted by molar-refractivity contribution is 0.139. The monoisotopic (exact) mass is 451 g/mol. The highest BCUT2D eigenvalue weighted by Crippen LogP contribution is 2.35. The van der Waals surface area contributed by atoms with E-state index in [4.69, 9.17) is 17.3 Å². The quantitative estimate of drug-likeness (QED) is 0.434. The summed E-state index contributed by atoms with van der Waals surface area (Å²) in [6.45, 7) is 5.64. The first-order valence-electron chi connectivity index (χ1n) is 11.6. The highest BCUT2D eigenvalue weighted by Gasteiger charge is 2.34. The van der Waals surface area contributed by atoms with E-state index in [1.165, 1.54) is 12.8 Å². The van der Waals surface area contributed by atoms with Crippen molar-refractivity contribution in [2.75, 3.05) is 13.1 Å². The second kappa shape index (κ2) is 9.25. The van der Waals surface area contributed by atoms with Crippen molar-refractivity contribution in [3.8, 4) is 5.69 Å². The molecular weight excluding hydrogens is 421 g/mol. The van der Waals surface area contributed by atoms with E-state index in [9.17, 15) is 4.39 Å². The molecule has 0 spiro atoms. The van der Waals surface area contributed by atoms with E-state index < -0.39 is 0 Å². The summed E-state index contributed by atoms with van der Waals surface area (Å²) < 4.78 is 19.3. The van der Waals surface area contributed by atoms with Crippen molar-refractivity contribution in [2.45, 2.75) is 57.9 Å². The second-order valence-corrected chi connectivity index (χ2v) is 9.30. The van der Waals surface area contributed by atoms with Crippen molar-refractivity contribution in [3.05, 3.63) is 76.6 Å². The summed E-state index contributed by atoms with van der Waals surface area (Å²) in [6, 6.07) is 17.7. The van der Waals surface area contributed by atoms with Gasteiger partial charge in [-0.15, -0.1) is 0 Å². The van der Waals surface area contributed by atoms with Crippen LogP contribution in [0.1, 0.15) is 50.0 Å². The minimum atomic E-state index is -0.154. The number of aromatic nitrogens is 3. The summed E-state index contributed by atoms with van der Waals surface area (Å²) in [5.74, 6) is 0.816. The molecule has 5 rings (SSSR count). The van der Waals surface area contributed by atoms with Crippen LogP contribution in [0.3, 0.4) is 0 Å². The molecule has 1 aliphatic carbocycles. The molecule has 7 heteroatoms. The molecule has 2 heterocycles. The van der Waals surface area contributed by atoms with Crippen LogP contribution in [0, 0.1) is 10.6 Å². The average molecular weight is 452 g/mol. The maximum absolute atomic E-state index is 14.5. The Hall–Kier alpha value is -2.35. The van der Waals surface area contributed by atoms with Gasteiger partial charge in [0.25, 0.3) is 0 Å². The molecule has 0 radical (unpaired) electrons. The molecule has 2 aromatic carbocycles. The zero-order valence-corrected chi connectivity index (χ0v) is 19.3. The van der Waals surface area contributed by atoms with Crippen LogP contribution in [-0.4, -0.2) is 43.3 Å². The van der Waals surface area contributed by atoms with Crippen molar-refractivity contribution in [3.63, 3.8) is 0 Å². The molecule has 3 aromatic rings. The van der Waals surface area contributed by atoms with Gasteiger partial charge in [0.2, 0.25) is 4.77 Å². The Labute approximate surface area is 194 Å². The molecule has 2 aliphatic rings. The SMILES string of the molecule is CC(c1ccccc1F)N(Cn1nc(CN2CCCC2)n(-c2ccccc2)c1=S)C1CC1. The van der Waals surface area contributed by atoms with Gasteiger partial charge in [0, 0.05) is 23.3 Å². The zero-order valence-electron chi connectivity index (χ0n) is 18.5. The van der Waals surface area contributed by atoms with E-state index in [0.29, 0.717) is 17.5 Å². The fourth-order valence-corrected chi connectivity index (χ4v) is 5.04. The Morgan fingerprint density at radius 1 is 1.06 bits per heavy atom. The first-order chi connectivity index (χ1) is 15.6. The van der Waals surface area contributed by atoms with E-state index in [1.54, 1.807) is 12.1 Å².